The van der Waals surface area contributed by atoms with Gasteiger partial charge in [0.25, 0.3) is 0 Å². The van der Waals surface area contributed by atoms with Crippen molar-refractivity contribution in [3.8, 4) is 11.8 Å². The van der Waals surface area contributed by atoms with E-state index in [1.165, 1.54) is 23.1 Å². The molecule has 0 amide bonds. The molecule has 0 aliphatic heterocycles. The van der Waals surface area contributed by atoms with Crippen molar-refractivity contribution in [1.82, 2.24) is 14.8 Å². The molecule has 0 saturated carbocycles. The molecule has 0 bridgehead atoms. The number of nitriles is 1. The Kier molecular flexibility index (Phi) is 2.99. The molecule has 0 saturated heterocycles. The summed E-state index contributed by atoms with van der Waals surface area (Å²) in [7, 11) is 0. The molecule has 0 spiro atoms. The van der Waals surface area contributed by atoms with E-state index in [1.807, 2.05) is 6.07 Å². The van der Waals surface area contributed by atoms with Crippen LogP contribution in [-0.4, -0.2) is 14.8 Å². The largest absolute Gasteiger partial charge is 0.416 e. The van der Waals surface area contributed by atoms with Crippen LogP contribution in [-0.2, 0) is 6.18 Å². The summed E-state index contributed by atoms with van der Waals surface area (Å²) in [6.45, 7) is 0. The average molecular weight is 303 g/mol. The van der Waals surface area contributed by atoms with E-state index in [1.54, 1.807) is 6.07 Å². The zero-order chi connectivity index (χ0) is 15.9. The topological polar surface area (TPSA) is 80.5 Å². The SMILES string of the molecule is N#Cc1cnn(-c2ccnc3cc(C(F)(F)F)ccc23)c1N. The first-order valence-electron chi connectivity index (χ1n) is 6.12. The number of nitrogens with zero attached hydrogens (tertiary/aromatic N) is 4. The minimum Gasteiger partial charge on any atom is -0.382 e. The summed E-state index contributed by atoms with van der Waals surface area (Å²) < 4.78 is 39.6. The molecule has 3 aromatic rings. The number of rotatable bonds is 1. The highest BCUT2D eigenvalue weighted by atomic mass is 19.4. The molecule has 1 aromatic carbocycles. The molecule has 22 heavy (non-hydrogen) atoms. The number of alkyl halides is 3. The number of nitrogens with two attached hydrogens (primary N) is 1. The van der Waals surface area contributed by atoms with Crippen LogP contribution in [0.2, 0.25) is 0 Å². The fourth-order valence-electron chi connectivity index (χ4n) is 2.13. The number of pyridine rings is 1. The number of halogens is 3. The maximum absolute atomic E-state index is 12.8. The zero-order valence-corrected chi connectivity index (χ0v) is 11.0. The number of aromatic nitrogens is 3. The van der Waals surface area contributed by atoms with Crippen LogP contribution in [0.3, 0.4) is 0 Å². The van der Waals surface area contributed by atoms with Crippen LogP contribution in [0, 0.1) is 11.3 Å². The number of anilines is 1. The van der Waals surface area contributed by atoms with Gasteiger partial charge in [-0.2, -0.15) is 23.5 Å². The molecule has 0 radical (unpaired) electrons. The highest BCUT2D eigenvalue weighted by Crippen LogP contribution is 2.32. The van der Waals surface area contributed by atoms with Gasteiger partial charge in [-0.1, -0.05) is 6.07 Å². The van der Waals surface area contributed by atoms with E-state index in [2.05, 4.69) is 10.1 Å². The van der Waals surface area contributed by atoms with Crippen LogP contribution in [0.5, 0.6) is 0 Å². The predicted molar refractivity (Wildman–Crippen MR) is 73.0 cm³/mol. The van der Waals surface area contributed by atoms with Gasteiger partial charge in [-0.3, -0.25) is 4.98 Å². The van der Waals surface area contributed by atoms with Crippen molar-refractivity contribution in [2.75, 3.05) is 5.73 Å². The molecule has 0 fully saturated rings. The predicted octanol–water partition coefficient (Wildman–Crippen LogP) is 2.89. The Hall–Kier alpha value is -3.08. The minimum atomic E-state index is -4.44. The lowest BCUT2D eigenvalue weighted by molar-refractivity contribution is -0.137. The lowest BCUT2D eigenvalue weighted by atomic mass is 10.1. The first-order valence-corrected chi connectivity index (χ1v) is 6.12. The normalized spacial score (nSPS) is 11.5. The lowest BCUT2D eigenvalue weighted by Crippen LogP contribution is -2.06. The summed E-state index contributed by atoms with van der Waals surface area (Å²) in [6, 6.07) is 6.71. The number of nitrogen functional groups attached to an aromatic ring is 1. The molecular weight excluding hydrogens is 295 g/mol. The second kappa shape index (κ2) is 4.73. The fraction of sp³-hybridized carbons (Fsp3) is 0.0714. The minimum absolute atomic E-state index is 0.120. The summed E-state index contributed by atoms with van der Waals surface area (Å²) in [5, 5.41) is 13.3. The van der Waals surface area contributed by atoms with Gasteiger partial charge in [-0.05, 0) is 18.2 Å². The van der Waals surface area contributed by atoms with E-state index >= 15 is 0 Å². The van der Waals surface area contributed by atoms with Crippen molar-refractivity contribution in [3.63, 3.8) is 0 Å². The van der Waals surface area contributed by atoms with Crippen molar-refractivity contribution in [1.29, 1.82) is 5.26 Å². The van der Waals surface area contributed by atoms with Crippen LogP contribution in [0.1, 0.15) is 11.1 Å². The van der Waals surface area contributed by atoms with Crippen molar-refractivity contribution in [3.05, 3.63) is 47.8 Å². The Morgan fingerprint density at radius 2 is 2.00 bits per heavy atom. The van der Waals surface area contributed by atoms with Gasteiger partial charge in [0.2, 0.25) is 0 Å². The van der Waals surface area contributed by atoms with Gasteiger partial charge in [0.1, 0.15) is 17.5 Å². The molecular formula is C14H8F3N5. The van der Waals surface area contributed by atoms with E-state index in [9.17, 15) is 13.2 Å². The van der Waals surface area contributed by atoms with E-state index in [0.29, 0.717) is 11.1 Å². The van der Waals surface area contributed by atoms with Gasteiger partial charge in [-0.25, -0.2) is 4.68 Å². The molecule has 2 N–H and O–H groups in total. The molecule has 0 aliphatic rings. The van der Waals surface area contributed by atoms with Crippen molar-refractivity contribution in [2.45, 2.75) is 6.18 Å². The van der Waals surface area contributed by atoms with Crippen LogP contribution < -0.4 is 5.73 Å². The van der Waals surface area contributed by atoms with Crippen molar-refractivity contribution >= 4 is 16.7 Å². The lowest BCUT2D eigenvalue weighted by Gasteiger charge is -2.10. The first-order chi connectivity index (χ1) is 10.4. The molecule has 110 valence electrons. The summed E-state index contributed by atoms with van der Waals surface area (Å²) in [5.41, 5.74) is 5.85. The van der Waals surface area contributed by atoms with E-state index < -0.39 is 11.7 Å². The highest BCUT2D eigenvalue weighted by molar-refractivity contribution is 5.88. The number of hydrogen-bond acceptors (Lipinski definition) is 4. The van der Waals surface area contributed by atoms with E-state index in [0.717, 1.165) is 12.1 Å². The molecule has 2 heterocycles. The number of benzene rings is 1. The molecule has 0 aliphatic carbocycles. The standard InChI is InChI=1S/C14H8F3N5/c15-14(16,17)9-1-2-10-11(5-9)20-4-3-12(10)22-13(19)8(6-18)7-21-22/h1-5,7H,19H2. The first kappa shape index (κ1) is 13.9. The number of hydrogen-bond donors (Lipinski definition) is 1. The van der Waals surface area contributed by atoms with Crippen LogP contribution >= 0.6 is 0 Å². The zero-order valence-electron chi connectivity index (χ0n) is 11.0. The van der Waals surface area contributed by atoms with Gasteiger partial charge in [-0.15, -0.1) is 0 Å². The second-order valence-electron chi connectivity index (χ2n) is 4.53. The third-order valence-corrected chi connectivity index (χ3v) is 3.20. The van der Waals surface area contributed by atoms with E-state index in [-0.39, 0.29) is 16.9 Å². The third-order valence-electron chi connectivity index (χ3n) is 3.20. The fourth-order valence-corrected chi connectivity index (χ4v) is 2.13. The van der Waals surface area contributed by atoms with Gasteiger partial charge in [0, 0.05) is 11.6 Å². The molecule has 2 aromatic heterocycles. The van der Waals surface area contributed by atoms with E-state index in [4.69, 9.17) is 11.0 Å². The molecule has 5 nitrogen and oxygen atoms in total. The smallest absolute Gasteiger partial charge is 0.382 e. The van der Waals surface area contributed by atoms with Crippen molar-refractivity contribution < 1.29 is 13.2 Å². The maximum Gasteiger partial charge on any atom is 0.416 e. The molecule has 0 atom stereocenters. The van der Waals surface area contributed by atoms with Crippen LogP contribution in [0.15, 0.2) is 36.7 Å². The van der Waals surface area contributed by atoms with Gasteiger partial charge in [0.15, 0.2) is 0 Å². The Morgan fingerprint density at radius 1 is 1.23 bits per heavy atom. The Bertz CT molecular complexity index is 905. The summed E-state index contributed by atoms with van der Waals surface area (Å²) in [4.78, 5) is 3.95. The van der Waals surface area contributed by atoms with Crippen molar-refractivity contribution in [2.24, 2.45) is 0 Å². The molecule has 8 heteroatoms. The van der Waals surface area contributed by atoms with Gasteiger partial charge in [0.05, 0.1) is 23.0 Å². The Balaban J connectivity index is 2.24. The second-order valence-corrected chi connectivity index (χ2v) is 4.53. The molecule has 0 unspecified atom stereocenters. The van der Waals surface area contributed by atoms with Gasteiger partial charge >= 0.3 is 6.18 Å². The third kappa shape index (κ3) is 2.13. The monoisotopic (exact) mass is 303 g/mol. The maximum atomic E-state index is 12.8. The highest BCUT2D eigenvalue weighted by Gasteiger charge is 2.30. The van der Waals surface area contributed by atoms with Gasteiger partial charge < -0.3 is 5.73 Å². The quantitative estimate of drug-likeness (QED) is 0.749. The Morgan fingerprint density at radius 3 is 2.64 bits per heavy atom. The summed E-state index contributed by atoms with van der Waals surface area (Å²) in [6.07, 6.45) is -1.78. The Labute approximate surface area is 122 Å². The van der Waals surface area contributed by atoms with Crippen LogP contribution in [0.4, 0.5) is 19.0 Å². The summed E-state index contributed by atoms with van der Waals surface area (Å²) in [5.74, 6) is 0.120. The summed E-state index contributed by atoms with van der Waals surface area (Å²) >= 11 is 0. The van der Waals surface area contributed by atoms with Crippen LogP contribution in [0.25, 0.3) is 16.6 Å². The average Bonchev–Trinajstić information content (AvgIpc) is 2.86. The molecule has 3 rings (SSSR count). The number of fused-ring (bicyclic) bond motifs is 1.